The second-order valence-corrected chi connectivity index (χ2v) is 7.55. The van der Waals surface area contributed by atoms with Crippen molar-refractivity contribution in [2.45, 2.75) is 19.8 Å². The van der Waals surface area contributed by atoms with E-state index in [0.29, 0.717) is 22.8 Å². The van der Waals surface area contributed by atoms with Crippen molar-refractivity contribution in [1.29, 1.82) is 0 Å². The van der Waals surface area contributed by atoms with Gasteiger partial charge in [-0.15, -0.1) is 0 Å². The second-order valence-electron chi connectivity index (χ2n) is 6.11. The van der Waals surface area contributed by atoms with Gasteiger partial charge >= 0.3 is 5.97 Å². The molecule has 2 N–H and O–H groups in total. The first-order valence-electron chi connectivity index (χ1n) is 8.92. The molecule has 150 valence electrons. The highest BCUT2D eigenvalue weighted by Gasteiger charge is 2.13. The molecule has 0 fully saturated rings. The second kappa shape index (κ2) is 9.53. The smallest absolute Gasteiger partial charge is 0.338 e. The summed E-state index contributed by atoms with van der Waals surface area (Å²) in [7, 11) is 0. The quantitative estimate of drug-likeness (QED) is 0.339. The molecule has 0 atom stereocenters. The fourth-order valence-corrected chi connectivity index (χ4v) is 3.57. The lowest BCUT2D eigenvalue weighted by Gasteiger charge is -2.06. The topological polar surface area (TPSA) is 80.3 Å². The zero-order valence-corrected chi connectivity index (χ0v) is 17.2. The van der Waals surface area contributed by atoms with Gasteiger partial charge in [-0.1, -0.05) is 24.7 Å². The first kappa shape index (κ1) is 20.8. The Morgan fingerprint density at radius 2 is 1.90 bits per heavy atom. The van der Waals surface area contributed by atoms with E-state index in [1.807, 2.05) is 6.92 Å². The van der Waals surface area contributed by atoms with Gasteiger partial charge < -0.3 is 10.1 Å². The van der Waals surface area contributed by atoms with Crippen molar-refractivity contribution in [1.82, 2.24) is 10.3 Å². The van der Waals surface area contributed by atoms with Crippen LogP contribution in [0.25, 0.3) is 10.2 Å². The number of benzene rings is 2. The summed E-state index contributed by atoms with van der Waals surface area (Å²) in [5.74, 6) is -1.25. The highest BCUT2D eigenvalue weighted by atomic mass is 32.1. The van der Waals surface area contributed by atoms with Gasteiger partial charge in [-0.25, -0.2) is 14.2 Å². The van der Waals surface area contributed by atoms with Gasteiger partial charge in [0.1, 0.15) is 5.82 Å². The third-order valence-corrected chi connectivity index (χ3v) is 5.05. The fourth-order valence-electron chi connectivity index (χ4n) is 2.40. The molecule has 0 radical (unpaired) electrons. The number of fused-ring (bicyclic) bond motifs is 1. The number of hydrogen-bond acceptors (Lipinski definition) is 6. The van der Waals surface area contributed by atoms with Crippen molar-refractivity contribution in [3.05, 3.63) is 59.4 Å². The number of hydrogen-bond donors (Lipinski definition) is 2. The van der Waals surface area contributed by atoms with E-state index in [-0.39, 0.29) is 16.6 Å². The van der Waals surface area contributed by atoms with Crippen molar-refractivity contribution in [2.24, 2.45) is 0 Å². The predicted molar refractivity (Wildman–Crippen MR) is 115 cm³/mol. The molecule has 9 heteroatoms. The molecule has 0 bridgehead atoms. The van der Waals surface area contributed by atoms with Crippen molar-refractivity contribution in [3.63, 3.8) is 0 Å². The Bertz CT molecular complexity index is 1050. The molecular weight excluding hydrogens is 413 g/mol. The van der Waals surface area contributed by atoms with Crippen LogP contribution < -0.4 is 10.6 Å². The molecule has 0 spiro atoms. The van der Waals surface area contributed by atoms with Crippen LogP contribution in [0, 0.1) is 5.82 Å². The fraction of sp³-hybridized carbons (Fsp3) is 0.200. The molecule has 1 heterocycles. The van der Waals surface area contributed by atoms with Crippen molar-refractivity contribution in [3.8, 4) is 0 Å². The van der Waals surface area contributed by atoms with Crippen LogP contribution in [-0.4, -0.2) is 28.6 Å². The Labute approximate surface area is 176 Å². The normalized spacial score (nSPS) is 10.6. The molecule has 2 aromatic carbocycles. The molecule has 1 amide bonds. The molecule has 0 aliphatic rings. The number of nitrogens with zero attached hydrogens (tertiary/aromatic N) is 1. The molecule has 0 saturated heterocycles. The van der Waals surface area contributed by atoms with E-state index in [1.165, 1.54) is 35.6 Å². The van der Waals surface area contributed by atoms with Crippen LogP contribution in [-0.2, 0) is 4.74 Å². The van der Waals surface area contributed by atoms with E-state index < -0.39 is 11.7 Å². The van der Waals surface area contributed by atoms with Crippen LogP contribution in [0.15, 0.2) is 42.5 Å². The predicted octanol–water partition coefficient (Wildman–Crippen LogP) is 4.52. The molecule has 1 aromatic heterocycles. The van der Waals surface area contributed by atoms with Crippen LogP contribution in [0.5, 0.6) is 0 Å². The number of amides is 1. The minimum absolute atomic E-state index is 0.0672. The number of anilines is 1. The highest BCUT2D eigenvalue weighted by molar-refractivity contribution is 7.80. The summed E-state index contributed by atoms with van der Waals surface area (Å²) in [6.07, 6.45) is 1.78. The van der Waals surface area contributed by atoms with E-state index in [2.05, 4.69) is 15.6 Å². The third kappa shape index (κ3) is 5.55. The monoisotopic (exact) mass is 431 g/mol. The molecular formula is C20H18FN3O3S2. The minimum atomic E-state index is -0.458. The Hall–Kier alpha value is -2.91. The molecule has 3 rings (SSSR count). The zero-order chi connectivity index (χ0) is 20.8. The number of carbonyl (C=O) groups excluding carboxylic acids is 2. The number of ether oxygens (including phenoxy) is 1. The van der Waals surface area contributed by atoms with Crippen LogP contribution in [0.2, 0.25) is 0 Å². The molecule has 3 aromatic rings. The van der Waals surface area contributed by atoms with Crippen molar-refractivity contribution in [2.75, 3.05) is 11.9 Å². The lowest BCUT2D eigenvalue weighted by Crippen LogP contribution is -2.34. The number of unbranched alkanes of at least 4 members (excludes halogenated alkanes) is 1. The van der Waals surface area contributed by atoms with Gasteiger partial charge in [-0.3, -0.25) is 10.1 Å². The Kier molecular flexibility index (Phi) is 6.84. The Morgan fingerprint density at radius 3 is 2.62 bits per heavy atom. The van der Waals surface area contributed by atoms with E-state index in [1.54, 1.807) is 18.2 Å². The van der Waals surface area contributed by atoms with Gasteiger partial charge in [0.05, 0.1) is 22.4 Å². The SMILES string of the molecule is CCCCOC(=O)c1ccc2nc(NC(=S)NC(=O)c3ccc(F)cc3)sc2c1. The number of thiazole rings is 1. The summed E-state index contributed by atoms with van der Waals surface area (Å²) >= 11 is 6.44. The molecule has 0 unspecified atom stereocenters. The summed E-state index contributed by atoms with van der Waals surface area (Å²) in [5.41, 5.74) is 1.43. The number of esters is 1. The van der Waals surface area contributed by atoms with Gasteiger partial charge in [0.15, 0.2) is 10.2 Å². The number of aromatic nitrogens is 1. The summed E-state index contributed by atoms with van der Waals surface area (Å²) in [6.45, 7) is 2.42. The van der Waals surface area contributed by atoms with Crippen LogP contribution in [0.3, 0.4) is 0 Å². The number of carbonyl (C=O) groups is 2. The molecule has 0 aliphatic carbocycles. The maximum atomic E-state index is 13.0. The number of halogens is 1. The zero-order valence-electron chi connectivity index (χ0n) is 15.5. The number of rotatable bonds is 6. The molecule has 0 aliphatic heterocycles. The maximum Gasteiger partial charge on any atom is 0.338 e. The van der Waals surface area contributed by atoms with E-state index in [9.17, 15) is 14.0 Å². The van der Waals surface area contributed by atoms with Crippen molar-refractivity contribution >= 4 is 55.9 Å². The van der Waals surface area contributed by atoms with Gasteiger partial charge in [-0.05, 0) is 61.1 Å². The average molecular weight is 432 g/mol. The first-order chi connectivity index (χ1) is 14.0. The van der Waals surface area contributed by atoms with E-state index >= 15 is 0 Å². The summed E-state index contributed by atoms with van der Waals surface area (Å²) in [4.78, 5) is 28.6. The van der Waals surface area contributed by atoms with E-state index in [0.717, 1.165) is 17.5 Å². The summed E-state index contributed by atoms with van der Waals surface area (Å²) in [6, 6.07) is 10.2. The molecule has 0 saturated carbocycles. The van der Waals surface area contributed by atoms with Crippen LogP contribution in [0.4, 0.5) is 9.52 Å². The first-order valence-corrected chi connectivity index (χ1v) is 10.1. The third-order valence-electron chi connectivity index (χ3n) is 3.91. The van der Waals surface area contributed by atoms with Gasteiger partial charge in [0.2, 0.25) is 0 Å². The summed E-state index contributed by atoms with van der Waals surface area (Å²) in [5, 5.41) is 5.91. The maximum absolute atomic E-state index is 13.0. The van der Waals surface area contributed by atoms with Crippen molar-refractivity contribution < 1.29 is 18.7 Å². The molecule has 29 heavy (non-hydrogen) atoms. The number of nitrogens with one attached hydrogen (secondary N) is 2. The molecule has 6 nitrogen and oxygen atoms in total. The van der Waals surface area contributed by atoms with Crippen LogP contribution >= 0.6 is 23.6 Å². The highest BCUT2D eigenvalue weighted by Crippen LogP contribution is 2.27. The summed E-state index contributed by atoms with van der Waals surface area (Å²) < 4.78 is 19.0. The van der Waals surface area contributed by atoms with Gasteiger partial charge in [0.25, 0.3) is 5.91 Å². The average Bonchev–Trinajstić information content (AvgIpc) is 3.09. The van der Waals surface area contributed by atoms with Gasteiger partial charge in [0, 0.05) is 5.56 Å². The largest absolute Gasteiger partial charge is 0.462 e. The van der Waals surface area contributed by atoms with Crippen LogP contribution in [0.1, 0.15) is 40.5 Å². The minimum Gasteiger partial charge on any atom is -0.462 e. The van der Waals surface area contributed by atoms with E-state index in [4.69, 9.17) is 17.0 Å². The van der Waals surface area contributed by atoms with Gasteiger partial charge in [-0.2, -0.15) is 0 Å². The Balaban J connectivity index is 1.64. The number of thiocarbonyl (C=S) groups is 1. The lowest BCUT2D eigenvalue weighted by molar-refractivity contribution is 0.0500. The standard InChI is InChI=1S/C20H18FN3O3S2/c1-2-3-10-27-18(26)13-6-9-15-16(11-13)29-20(22-15)24-19(28)23-17(25)12-4-7-14(21)8-5-12/h4-9,11H,2-3,10H2,1H3,(H2,22,23,24,25,28). The Morgan fingerprint density at radius 1 is 1.17 bits per heavy atom. The lowest BCUT2D eigenvalue weighted by atomic mass is 10.2.